The Labute approximate surface area is 208 Å². The van der Waals surface area contributed by atoms with Crippen molar-refractivity contribution in [1.82, 2.24) is 29.9 Å². The minimum absolute atomic E-state index is 0.139. The highest BCUT2D eigenvalue weighted by Crippen LogP contribution is 2.34. The van der Waals surface area contributed by atoms with Crippen LogP contribution in [0.3, 0.4) is 0 Å². The van der Waals surface area contributed by atoms with E-state index in [2.05, 4.69) is 21.8 Å². The maximum atomic E-state index is 12.8. The Hall–Kier alpha value is -4.47. The largest absolute Gasteiger partial charge is 0.439 e. The highest BCUT2D eigenvalue weighted by Gasteiger charge is 2.28. The molecule has 186 valence electrons. The fourth-order valence-corrected chi connectivity index (χ4v) is 4.27. The van der Waals surface area contributed by atoms with Crippen LogP contribution >= 0.6 is 0 Å². The Bertz CT molecular complexity index is 1410. The summed E-state index contributed by atoms with van der Waals surface area (Å²) < 4.78 is 7.45. The minimum atomic E-state index is -0.384. The summed E-state index contributed by atoms with van der Waals surface area (Å²) in [6.07, 6.45) is 4.53. The van der Waals surface area contributed by atoms with Gasteiger partial charge in [0.2, 0.25) is 11.8 Å². The lowest BCUT2D eigenvalue weighted by atomic mass is 10.1. The zero-order chi connectivity index (χ0) is 25.7. The smallest absolute Gasteiger partial charge is 0.290 e. The van der Waals surface area contributed by atoms with E-state index in [1.165, 1.54) is 6.08 Å². The average molecular weight is 488 g/mol. The van der Waals surface area contributed by atoms with Gasteiger partial charge in [-0.1, -0.05) is 26.5 Å². The van der Waals surface area contributed by atoms with Crippen LogP contribution in [0.5, 0.6) is 11.6 Å². The van der Waals surface area contributed by atoms with Crippen molar-refractivity contribution in [1.29, 1.82) is 0 Å². The third-order valence-corrected chi connectivity index (χ3v) is 5.88. The first kappa shape index (κ1) is 24.6. The van der Waals surface area contributed by atoms with Gasteiger partial charge in [0.05, 0.1) is 11.4 Å². The van der Waals surface area contributed by atoms with Gasteiger partial charge < -0.3 is 15.4 Å². The molecule has 3 aromatic heterocycles. The highest BCUT2D eigenvalue weighted by molar-refractivity contribution is 5.99. The quantitative estimate of drug-likeness (QED) is 0.408. The molecular formula is C26H29N7O3. The number of nitrogen functional groups attached to an aromatic ring is 1. The van der Waals surface area contributed by atoms with Crippen LogP contribution in [-0.4, -0.2) is 48.9 Å². The number of nitrogens with zero attached hydrogens (tertiary/aromatic N) is 5. The van der Waals surface area contributed by atoms with Gasteiger partial charge in [0.1, 0.15) is 17.0 Å². The molecule has 5 rings (SSSR count). The Kier molecular flexibility index (Phi) is 7.43. The maximum Gasteiger partial charge on any atom is 0.290 e. The fourth-order valence-electron chi connectivity index (χ4n) is 4.27. The van der Waals surface area contributed by atoms with Crippen LogP contribution in [0.4, 0.5) is 5.82 Å². The van der Waals surface area contributed by atoms with Crippen molar-refractivity contribution in [3.8, 4) is 22.9 Å². The van der Waals surface area contributed by atoms with Gasteiger partial charge in [0.15, 0.2) is 5.82 Å². The number of rotatable bonds is 5. The monoisotopic (exact) mass is 487 g/mol. The summed E-state index contributed by atoms with van der Waals surface area (Å²) in [7, 11) is 0. The fraction of sp³-hybridized carbons (Fsp3) is 0.269. The second kappa shape index (κ2) is 10.9. The van der Waals surface area contributed by atoms with Crippen molar-refractivity contribution in [2.24, 2.45) is 0 Å². The first-order valence-corrected chi connectivity index (χ1v) is 11.9. The number of aromatic amines is 1. The summed E-state index contributed by atoms with van der Waals surface area (Å²) in [6, 6.07) is 12.6. The van der Waals surface area contributed by atoms with Gasteiger partial charge in [-0.15, -0.1) is 0 Å². The van der Waals surface area contributed by atoms with Gasteiger partial charge in [-0.2, -0.15) is 10.2 Å². The predicted octanol–water partition coefficient (Wildman–Crippen LogP) is 3.93. The summed E-state index contributed by atoms with van der Waals surface area (Å²) in [4.78, 5) is 30.9. The number of hydrogen-bond acceptors (Lipinski definition) is 7. The molecule has 1 amide bonds. The number of pyridine rings is 1. The van der Waals surface area contributed by atoms with Crippen molar-refractivity contribution >= 4 is 22.6 Å². The van der Waals surface area contributed by atoms with Gasteiger partial charge in [0.25, 0.3) is 5.56 Å². The molecule has 0 radical (unpaired) electrons. The molecule has 1 atom stereocenters. The molecule has 0 aliphatic carbocycles. The Balaban J connectivity index is 0.00000148. The molecule has 10 nitrogen and oxygen atoms in total. The molecule has 0 bridgehead atoms. The number of fused-ring (bicyclic) bond motifs is 1. The van der Waals surface area contributed by atoms with Gasteiger partial charge in [-0.05, 0) is 49.2 Å². The maximum absolute atomic E-state index is 12.8. The normalized spacial score (nSPS) is 15.2. The molecule has 4 heterocycles. The highest BCUT2D eigenvalue weighted by atomic mass is 16.5. The first-order valence-electron chi connectivity index (χ1n) is 11.9. The zero-order valence-corrected chi connectivity index (χ0v) is 20.3. The number of nitrogens with one attached hydrogen (secondary N) is 1. The number of amides is 1. The number of H-pyrrole nitrogens is 1. The molecule has 1 aromatic carbocycles. The summed E-state index contributed by atoms with van der Waals surface area (Å²) in [5.41, 5.74) is 7.45. The van der Waals surface area contributed by atoms with Gasteiger partial charge in [-0.3, -0.25) is 14.3 Å². The van der Waals surface area contributed by atoms with E-state index in [1.54, 1.807) is 34.0 Å². The van der Waals surface area contributed by atoms with E-state index in [0.717, 1.165) is 18.4 Å². The summed E-state index contributed by atoms with van der Waals surface area (Å²) in [5.74, 6) is 1.14. The number of anilines is 1. The van der Waals surface area contributed by atoms with Gasteiger partial charge >= 0.3 is 0 Å². The Morgan fingerprint density at radius 2 is 2.00 bits per heavy atom. The van der Waals surface area contributed by atoms with Crippen LogP contribution in [0, 0.1) is 0 Å². The van der Waals surface area contributed by atoms with Crippen molar-refractivity contribution in [3.63, 3.8) is 0 Å². The predicted molar refractivity (Wildman–Crippen MR) is 139 cm³/mol. The molecule has 0 saturated carbocycles. The van der Waals surface area contributed by atoms with Crippen LogP contribution in [0.2, 0.25) is 0 Å². The van der Waals surface area contributed by atoms with E-state index < -0.39 is 0 Å². The van der Waals surface area contributed by atoms with Crippen molar-refractivity contribution < 1.29 is 9.53 Å². The van der Waals surface area contributed by atoms with Gasteiger partial charge in [-0.25, -0.2) is 10.1 Å². The molecule has 1 fully saturated rings. The van der Waals surface area contributed by atoms with Crippen LogP contribution in [0.1, 0.15) is 32.7 Å². The molecule has 36 heavy (non-hydrogen) atoms. The molecule has 10 heteroatoms. The van der Waals surface area contributed by atoms with Crippen LogP contribution in [0.15, 0.2) is 66.1 Å². The lowest BCUT2D eigenvalue weighted by Crippen LogP contribution is -2.40. The number of carbonyl (C=O) groups excluding carboxylic acids is 1. The molecule has 4 aromatic rings. The number of benzene rings is 1. The van der Waals surface area contributed by atoms with Crippen LogP contribution in [0.25, 0.3) is 22.2 Å². The van der Waals surface area contributed by atoms with Crippen LogP contribution in [-0.2, 0) is 4.79 Å². The van der Waals surface area contributed by atoms with Crippen molar-refractivity contribution in [3.05, 3.63) is 71.7 Å². The topological polar surface area (TPSA) is 132 Å². The third-order valence-electron chi connectivity index (χ3n) is 5.88. The Morgan fingerprint density at radius 3 is 2.69 bits per heavy atom. The first-order chi connectivity index (χ1) is 17.5. The van der Waals surface area contributed by atoms with E-state index >= 15 is 0 Å². The molecule has 1 aliphatic heterocycles. The molecule has 1 saturated heterocycles. The lowest BCUT2D eigenvalue weighted by Gasteiger charge is -2.32. The standard InChI is InChI=1S/C24H23N7O3.C2H6/c1-2-19(32)30-13-5-6-16(14-30)31-22-20(23(25)27-28-24(22)33)21(29-31)15-8-10-17(11-9-15)34-18-7-3-4-12-26-18;1-2/h2-4,7-12,16H,1,5-6,13-14H2,(H2,25,27)(H,28,33);1-2H3. The SMILES string of the molecule is C=CC(=O)N1CCCC(n2nc(-c3ccc(Oc4ccccn4)cc3)c3c(N)n[nH]c(=O)c32)C1.CC. The Morgan fingerprint density at radius 1 is 1.22 bits per heavy atom. The minimum Gasteiger partial charge on any atom is -0.439 e. The average Bonchev–Trinajstić information content (AvgIpc) is 3.35. The van der Waals surface area contributed by atoms with E-state index in [0.29, 0.717) is 41.3 Å². The summed E-state index contributed by atoms with van der Waals surface area (Å²) >= 11 is 0. The van der Waals surface area contributed by atoms with E-state index in [-0.39, 0.29) is 23.3 Å². The molecule has 3 N–H and O–H groups in total. The lowest BCUT2D eigenvalue weighted by molar-refractivity contribution is -0.127. The van der Waals surface area contributed by atoms with Crippen molar-refractivity contribution in [2.75, 3.05) is 18.8 Å². The number of carbonyl (C=O) groups is 1. The summed E-state index contributed by atoms with van der Waals surface area (Å²) in [6.45, 7) is 8.65. The third kappa shape index (κ3) is 4.83. The molecule has 1 aliphatic rings. The van der Waals surface area contributed by atoms with Gasteiger partial charge in [0, 0.05) is 30.9 Å². The number of aromatic nitrogens is 5. The van der Waals surface area contributed by atoms with E-state index in [1.807, 2.05) is 38.1 Å². The number of hydrogen-bond donors (Lipinski definition) is 2. The zero-order valence-electron chi connectivity index (χ0n) is 20.3. The number of likely N-dealkylation sites (tertiary alicyclic amines) is 1. The van der Waals surface area contributed by atoms with Crippen LogP contribution < -0.4 is 16.0 Å². The van der Waals surface area contributed by atoms with Crippen molar-refractivity contribution in [2.45, 2.75) is 32.7 Å². The number of nitrogens with two attached hydrogens (primary N) is 1. The molecular weight excluding hydrogens is 458 g/mol. The number of ether oxygens (including phenoxy) is 1. The molecule has 1 unspecified atom stereocenters. The van der Waals surface area contributed by atoms with E-state index in [4.69, 9.17) is 15.6 Å². The van der Waals surface area contributed by atoms with E-state index in [9.17, 15) is 9.59 Å². The second-order valence-corrected chi connectivity index (χ2v) is 8.03. The number of piperidine rings is 1. The molecule has 0 spiro atoms. The summed E-state index contributed by atoms with van der Waals surface area (Å²) in [5, 5.41) is 11.7. The second-order valence-electron chi connectivity index (χ2n) is 8.03.